The number of fused-ring (bicyclic) bond motifs is 2. The summed E-state index contributed by atoms with van der Waals surface area (Å²) in [6.07, 6.45) is 0. The molecule has 2 heterocycles. The number of aliphatic imine (C=N–C) groups is 1. The van der Waals surface area contributed by atoms with Crippen LogP contribution in [0.2, 0.25) is 0 Å². The molecule has 4 rings (SSSR count). The average molecular weight is 309 g/mol. The summed E-state index contributed by atoms with van der Waals surface area (Å²) in [7, 11) is 0. The number of guanidine groups is 1. The Kier molecular flexibility index (Phi) is 3.77. The van der Waals surface area contributed by atoms with Crippen LogP contribution in [0.25, 0.3) is 0 Å². The lowest BCUT2D eigenvalue weighted by Crippen LogP contribution is -2.36. The fourth-order valence-electron chi connectivity index (χ4n) is 3.16. The van der Waals surface area contributed by atoms with Gasteiger partial charge in [-0.15, -0.1) is 11.8 Å². The van der Waals surface area contributed by atoms with Gasteiger partial charge in [-0.2, -0.15) is 0 Å². The van der Waals surface area contributed by atoms with Gasteiger partial charge in [-0.05, 0) is 22.8 Å². The first-order chi connectivity index (χ1) is 10.9. The summed E-state index contributed by atoms with van der Waals surface area (Å²) < 4.78 is 0. The van der Waals surface area contributed by atoms with Crippen LogP contribution < -0.4 is 10.6 Å². The van der Waals surface area contributed by atoms with Gasteiger partial charge in [-0.1, -0.05) is 42.5 Å². The van der Waals surface area contributed by atoms with Gasteiger partial charge < -0.3 is 10.6 Å². The molecule has 2 aliphatic heterocycles. The monoisotopic (exact) mass is 309 g/mol. The highest BCUT2D eigenvalue weighted by atomic mass is 32.2. The summed E-state index contributed by atoms with van der Waals surface area (Å²) in [4.78, 5) is 5.84. The Morgan fingerprint density at radius 1 is 1.09 bits per heavy atom. The van der Waals surface area contributed by atoms with E-state index in [2.05, 4.69) is 64.2 Å². The first-order valence-corrected chi connectivity index (χ1v) is 8.72. The highest BCUT2D eigenvalue weighted by Gasteiger charge is 2.24. The number of benzene rings is 2. The summed E-state index contributed by atoms with van der Waals surface area (Å²) in [6, 6.07) is 17.6. The second-order valence-electron chi connectivity index (χ2n) is 5.62. The molecule has 2 N–H and O–H groups in total. The molecule has 4 heteroatoms. The van der Waals surface area contributed by atoms with Crippen LogP contribution in [0, 0.1) is 0 Å². The van der Waals surface area contributed by atoms with Crippen molar-refractivity contribution in [3.05, 3.63) is 65.2 Å². The summed E-state index contributed by atoms with van der Waals surface area (Å²) in [6.45, 7) is 2.69. The molecule has 0 fully saturated rings. The smallest absolute Gasteiger partial charge is 0.191 e. The highest BCUT2D eigenvalue weighted by Crippen LogP contribution is 2.40. The third-order valence-corrected chi connectivity index (χ3v) is 5.39. The minimum Gasteiger partial charge on any atom is -0.355 e. The van der Waals surface area contributed by atoms with Gasteiger partial charge in [0, 0.05) is 29.7 Å². The molecule has 2 aromatic carbocycles. The van der Waals surface area contributed by atoms with Crippen molar-refractivity contribution in [1.29, 1.82) is 0 Å². The lowest BCUT2D eigenvalue weighted by Gasteiger charge is -2.21. The minimum atomic E-state index is 0.368. The molecule has 0 aliphatic carbocycles. The maximum absolute atomic E-state index is 4.44. The van der Waals surface area contributed by atoms with E-state index in [4.69, 9.17) is 0 Å². The Morgan fingerprint density at radius 2 is 1.91 bits per heavy atom. The van der Waals surface area contributed by atoms with Gasteiger partial charge in [0.2, 0.25) is 0 Å². The summed E-state index contributed by atoms with van der Waals surface area (Å²) in [5.41, 5.74) is 4.30. The van der Waals surface area contributed by atoms with Gasteiger partial charge >= 0.3 is 0 Å². The van der Waals surface area contributed by atoms with E-state index in [-0.39, 0.29) is 0 Å². The van der Waals surface area contributed by atoms with Crippen LogP contribution >= 0.6 is 11.8 Å². The van der Waals surface area contributed by atoms with E-state index in [0.29, 0.717) is 5.92 Å². The predicted molar refractivity (Wildman–Crippen MR) is 92.6 cm³/mol. The van der Waals surface area contributed by atoms with Crippen LogP contribution in [0.4, 0.5) is 0 Å². The van der Waals surface area contributed by atoms with Crippen LogP contribution in [0.1, 0.15) is 22.6 Å². The topological polar surface area (TPSA) is 36.4 Å². The van der Waals surface area contributed by atoms with Crippen LogP contribution in [0.15, 0.2) is 58.4 Å². The van der Waals surface area contributed by atoms with Crippen molar-refractivity contribution in [2.75, 3.05) is 19.6 Å². The number of nitrogens with zero attached hydrogens (tertiary/aromatic N) is 1. The van der Waals surface area contributed by atoms with Gasteiger partial charge in [0.1, 0.15) is 0 Å². The Morgan fingerprint density at radius 3 is 2.77 bits per heavy atom. The molecule has 22 heavy (non-hydrogen) atoms. The fourth-order valence-corrected chi connectivity index (χ4v) is 4.29. The van der Waals surface area contributed by atoms with E-state index in [0.717, 1.165) is 31.3 Å². The Bertz CT molecular complexity index is 663. The summed E-state index contributed by atoms with van der Waals surface area (Å²) in [5, 5.41) is 6.78. The van der Waals surface area contributed by atoms with Crippen LogP contribution in [0.3, 0.4) is 0 Å². The fraction of sp³-hybridized carbons (Fsp3) is 0.278. The van der Waals surface area contributed by atoms with Crippen molar-refractivity contribution >= 4 is 17.7 Å². The molecule has 3 nitrogen and oxygen atoms in total. The maximum atomic E-state index is 4.44. The Balaban J connectivity index is 1.70. The van der Waals surface area contributed by atoms with Crippen molar-refractivity contribution in [1.82, 2.24) is 10.6 Å². The first kappa shape index (κ1) is 13.7. The second kappa shape index (κ2) is 6.05. The normalized spacial score (nSPS) is 19.5. The molecule has 0 radical (unpaired) electrons. The van der Waals surface area contributed by atoms with Crippen LogP contribution in [-0.2, 0) is 5.75 Å². The van der Waals surface area contributed by atoms with E-state index in [1.165, 1.54) is 21.6 Å². The van der Waals surface area contributed by atoms with E-state index in [1.54, 1.807) is 0 Å². The van der Waals surface area contributed by atoms with Crippen molar-refractivity contribution in [2.45, 2.75) is 16.6 Å². The zero-order valence-electron chi connectivity index (χ0n) is 12.4. The first-order valence-electron chi connectivity index (χ1n) is 7.73. The molecule has 0 saturated carbocycles. The minimum absolute atomic E-state index is 0.368. The average Bonchev–Trinajstić information content (AvgIpc) is 3.03. The highest BCUT2D eigenvalue weighted by molar-refractivity contribution is 7.98. The quantitative estimate of drug-likeness (QED) is 0.895. The zero-order valence-corrected chi connectivity index (χ0v) is 13.2. The zero-order chi connectivity index (χ0) is 14.8. The lowest BCUT2D eigenvalue weighted by molar-refractivity contribution is 0.732. The van der Waals surface area contributed by atoms with Crippen molar-refractivity contribution < 1.29 is 0 Å². The Hall–Kier alpha value is -1.94. The van der Waals surface area contributed by atoms with Gasteiger partial charge in [-0.25, -0.2) is 0 Å². The van der Waals surface area contributed by atoms with E-state index >= 15 is 0 Å². The Labute approximate surface area is 135 Å². The molecule has 0 aromatic heterocycles. The third kappa shape index (κ3) is 2.59. The largest absolute Gasteiger partial charge is 0.355 e. The van der Waals surface area contributed by atoms with Gasteiger partial charge in [0.15, 0.2) is 5.96 Å². The predicted octanol–water partition coefficient (Wildman–Crippen LogP) is 2.97. The van der Waals surface area contributed by atoms with Crippen LogP contribution in [0.5, 0.6) is 0 Å². The number of hydrogen-bond acceptors (Lipinski definition) is 4. The number of hydrogen-bond donors (Lipinski definition) is 2. The second-order valence-corrected chi connectivity index (χ2v) is 6.63. The van der Waals surface area contributed by atoms with E-state index in [1.807, 2.05) is 11.8 Å². The standard InChI is InChI=1S/C18H19N3S/c1-2-6-14-13(5-1)12-22-17-8-4-3-7-15(17)16(14)11-21-18-19-9-10-20-18/h1-8,16H,9-12H2,(H2,19,20,21)/t16-/m0/s1. The van der Waals surface area contributed by atoms with Crippen LogP contribution in [-0.4, -0.2) is 25.6 Å². The molecule has 0 amide bonds. The third-order valence-electron chi connectivity index (χ3n) is 4.26. The molecule has 0 saturated heterocycles. The van der Waals surface area contributed by atoms with Gasteiger partial charge in [0.05, 0.1) is 6.54 Å². The SMILES string of the molecule is c1ccc2c(c1)CSc1ccccc1[C@H]2CNC1=NCCN1. The van der Waals surface area contributed by atoms with Gasteiger partial charge in [0.25, 0.3) is 0 Å². The molecule has 2 aliphatic rings. The number of nitrogens with one attached hydrogen (secondary N) is 2. The maximum Gasteiger partial charge on any atom is 0.191 e. The molecule has 0 spiro atoms. The van der Waals surface area contributed by atoms with E-state index in [9.17, 15) is 0 Å². The summed E-state index contributed by atoms with van der Waals surface area (Å²) >= 11 is 1.94. The lowest BCUT2D eigenvalue weighted by atomic mass is 9.88. The van der Waals surface area contributed by atoms with Crippen molar-refractivity contribution in [3.8, 4) is 0 Å². The molecule has 2 aromatic rings. The summed E-state index contributed by atoms with van der Waals surface area (Å²) in [5.74, 6) is 2.35. The molecular formula is C18H19N3S. The molecule has 1 atom stereocenters. The molecule has 0 unspecified atom stereocenters. The van der Waals surface area contributed by atoms with E-state index < -0.39 is 0 Å². The van der Waals surface area contributed by atoms with Gasteiger partial charge in [-0.3, -0.25) is 4.99 Å². The number of thioether (sulfide) groups is 1. The molecule has 0 bridgehead atoms. The van der Waals surface area contributed by atoms with Crippen molar-refractivity contribution in [2.24, 2.45) is 4.99 Å². The molecule has 112 valence electrons. The van der Waals surface area contributed by atoms with Crippen molar-refractivity contribution in [3.63, 3.8) is 0 Å². The number of rotatable bonds is 2. The molecular weight excluding hydrogens is 290 g/mol.